The number of rotatable bonds is 4. The number of piperidine rings is 1. The van der Waals surface area contributed by atoms with Gasteiger partial charge in [-0.05, 0) is 50.7 Å². The second-order valence-electron chi connectivity index (χ2n) is 5.08. The van der Waals surface area contributed by atoms with Gasteiger partial charge in [-0.15, -0.1) is 0 Å². The van der Waals surface area contributed by atoms with Crippen LogP contribution in [0.15, 0.2) is 18.2 Å². The fraction of sp³-hybridized carbons (Fsp3) is 0.500. The van der Waals surface area contributed by atoms with E-state index in [4.69, 9.17) is 5.11 Å². The van der Waals surface area contributed by atoms with Gasteiger partial charge in [-0.25, -0.2) is 9.18 Å². The Kier molecular flexibility index (Phi) is 4.50. The third kappa shape index (κ3) is 3.75. The van der Waals surface area contributed by atoms with Crippen LogP contribution in [0.2, 0.25) is 0 Å². The number of hydrogen-bond acceptors (Lipinski definition) is 3. The quantitative estimate of drug-likeness (QED) is 0.871. The molecule has 2 rings (SSSR count). The molecule has 1 aromatic carbocycles. The zero-order valence-corrected chi connectivity index (χ0v) is 11.0. The summed E-state index contributed by atoms with van der Waals surface area (Å²) in [7, 11) is 2.11. The normalized spacial score (nSPS) is 17.6. The van der Waals surface area contributed by atoms with Gasteiger partial charge in [-0.1, -0.05) is 6.07 Å². The van der Waals surface area contributed by atoms with Gasteiger partial charge in [0, 0.05) is 12.6 Å². The van der Waals surface area contributed by atoms with E-state index in [1.54, 1.807) is 6.07 Å². The Balaban J connectivity index is 1.89. The molecule has 0 saturated carbocycles. The molecule has 5 heteroatoms. The maximum Gasteiger partial charge on any atom is 0.338 e. The van der Waals surface area contributed by atoms with Crippen molar-refractivity contribution >= 4 is 5.97 Å². The summed E-state index contributed by atoms with van der Waals surface area (Å²) in [6.07, 6.45) is 2.18. The minimum Gasteiger partial charge on any atom is -0.478 e. The minimum atomic E-state index is -1.23. The van der Waals surface area contributed by atoms with E-state index in [0.717, 1.165) is 31.5 Å². The van der Waals surface area contributed by atoms with Gasteiger partial charge >= 0.3 is 5.97 Å². The second-order valence-corrected chi connectivity index (χ2v) is 5.08. The largest absolute Gasteiger partial charge is 0.478 e. The summed E-state index contributed by atoms with van der Waals surface area (Å²) in [4.78, 5) is 13.0. The topological polar surface area (TPSA) is 52.6 Å². The van der Waals surface area contributed by atoms with E-state index in [1.807, 2.05) is 0 Å². The highest BCUT2D eigenvalue weighted by Crippen LogP contribution is 2.12. The number of hydrogen-bond donors (Lipinski definition) is 2. The SMILES string of the molecule is CN1CCC(NCc2ccc(C(=O)O)c(F)c2)CC1. The molecular weight excluding hydrogens is 247 g/mol. The fourth-order valence-corrected chi connectivity index (χ4v) is 2.32. The van der Waals surface area contributed by atoms with Gasteiger partial charge < -0.3 is 15.3 Å². The molecule has 4 nitrogen and oxygen atoms in total. The van der Waals surface area contributed by atoms with E-state index in [2.05, 4.69) is 17.3 Å². The smallest absolute Gasteiger partial charge is 0.338 e. The molecule has 1 aliphatic rings. The first-order valence-electron chi connectivity index (χ1n) is 6.50. The van der Waals surface area contributed by atoms with E-state index >= 15 is 0 Å². The third-order valence-corrected chi connectivity index (χ3v) is 3.58. The van der Waals surface area contributed by atoms with E-state index in [0.29, 0.717) is 12.6 Å². The van der Waals surface area contributed by atoms with Crippen molar-refractivity contribution in [3.8, 4) is 0 Å². The van der Waals surface area contributed by atoms with Crippen LogP contribution in [0.1, 0.15) is 28.8 Å². The first-order valence-corrected chi connectivity index (χ1v) is 6.50. The maximum atomic E-state index is 13.5. The van der Waals surface area contributed by atoms with E-state index < -0.39 is 11.8 Å². The molecule has 19 heavy (non-hydrogen) atoms. The van der Waals surface area contributed by atoms with Gasteiger partial charge in [0.25, 0.3) is 0 Å². The van der Waals surface area contributed by atoms with Gasteiger partial charge in [0.2, 0.25) is 0 Å². The van der Waals surface area contributed by atoms with E-state index in [-0.39, 0.29) is 5.56 Å². The molecular formula is C14H19FN2O2. The summed E-state index contributed by atoms with van der Waals surface area (Å²) in [5.74, 6) is -1.90. The van der Waals surface area contributed by atoms with Gasteiger partial charge in [0.1, 0.15) is 5.82 Å². The summed E-state index contributed by atoms with van der Waals surface area (Å²) >= 11 is 0. The van der Waals surface area contributed by atoms with E-state index in [9.17, 15) is 9.18 Å². The van der Waals surface area contributed by atoms with Crippen LogP contribution in [0, 0.1) is 5.82 Å². The van der Waals surface area contributed by atoms with Crippen molar-refractivity contribution < 1.29 is 14.3 Å². The first-order chi connectivity index (χ1) is 9.06. The van der Waals surface area contributed by atoms with Gasteiger partial charge in [0.05, 0.1) is 5.56 Å². The van der Waals surface area contributed by atoms with Crippen molar-refractivity contribution in [2.45, 2.75) is 25.4 Å². The summed E-state index contributed by atoms with van der Waals surface area (Å²) in [5.41, 5.74) is 0.504. The number of halogens is 1. The lowest BCUT2D eigenvalue weighted by Crippen LogP contribution is -2.40. The van der Waals surface area contributed by atoms with Crippen LogP contribution >= 0.6 is 0 Å². The highest BCUT2D eigenvalue weighted by molar-refractivity contribution is 5.87. The Morgan fingerprint density at radius 3 is 2.74 bits per heavy atom. The Hall–Kier alpha value is -1.46. The Labute approximate surface area is 112 Å². The number of likely N-dealkylation sites (tertiary alicyclic amines) is 1. The zero-order chi connectivity index (χ0) is 13.8. The molecule has 1 aromatic rings. The molecule has 0 radical (unpaired) electrons. The second kappa shape index (κ2) is 6.12. The Morgan fingerprint density at radius 2 is 2.16 bits per heavy atom. The molecule has 1 aliphatic heterocycles. The van der Waals surface area contributed by atoms with Crippen LogP contribution < -0.4 is 5.32 Å². The summed E-state index contributed by atoms with van der Waals surface area (Å²) in [6.45, 7) is 2.72. The molecule has 0 aromatic heterocycles. The summed E-state index contributed by atoms with van der Waals surface area (Å²) in [6, 6.07) is 4.74. The Bertz CT molecular complexity index is 457. The number of benzene rings is 1. The fourth-order valence-electron chi connectivity index (χ4n) is 2.32. The monoisotopic (exact) mass is 266 g/mol. The van der Waals surface area contributed by atoms with Crippen molar-refractivity contribution in [2.24, 2.45) is 0 Å². The molecule has 0 amide bonds. The standard InChI is InChI=1S/C14H19FN2O2/c1-17-6-4-11(5-7-17)16-9-10-2-3-12(14(18)19)13(15)8-10/h2-3,8,11,16H,4-7,9H2,1H3,(H,18,19). The molecule has 2 N–H and O–H groups in total. The van der Waals surface area contributed by atoms with E-state index in [1.165, 1.54) is 12.1 Å². The molecule has 0 atom stereocenters. The number of carboxylic acid groups (broad SMARTS) is 1. The van der Waals surface area contributed by atoms with Crippen LogP contribution in [0.4, 0.5) is 4.39 Å². The zero-order valence-electron chi connectivity index (χ0n) is 11.0. The van der Waals surface area contributed by atoms with Crippen molar-refractivity contribution in [1.29, 1.82) is 0 Å². The van der Waals surface area contributed by atoms with Crippen LogP contribution in [-0.4, -0.2) is 42.2 Å². The van der Waals surface area contributed by atoms with Crippen molar-refractivity contribution in [3.05, 3.63) is 35.1 Å². The number of carboxylic acids is 1. The first kappa shape index (κ1) is 14.0. The highest BCUT2D eigenvalue weighted by Gasteiger charge is 2.16. The Morgan fingerprint density at radius 1 is 1.47 bits per heavy atom. The minimum absolute atomic E-state index is 0.275. The average molecular weight is 266 g/mol. The lowest BCUT2D eigenvalue weighted by molar-refractivity contribution is 0.0692. The number of nitrogens with one attached hydrogen (secondary N) is 1. The molecule has 1 saturated heterocycles. The van der Waals surface area contributed by atoms with Crippen LogP contribution in [-0.2, 0) is 6.54 Å². The number of aromatic carboxylic acids is 1. The average Bonchev–Trinajstić information content (AvgIpc) is 2.37. The molecule has 0 spiro atoms. The molecule has 0 bridgehead atoms. The van der Waals surface area contributed by atoms with Crippen molar-refractivity contribution in [2.75, 3.05) is 20.1 Å². The molecule has 1 heterocycles. The number of nitrogens with zero attached hydrogens (tertiary/aromatic N) is 1. The van der Waals surface area contributed by atoms with Crippen molar-refractivity contribution in [3.63, 3.8) is 0 Å². The van der Waals surface area contributed by atoms with Gasteiger partial charge in [-0.2, -0.15) is 0 Å². The van der Waals surface area contributed by atoms with Crippen LogP contribution in [0.3, 0.4) is 0 Å². The van der Waals surface area contributed by atoms with Crippen LogP contribution in [0.5, 0.6) is 0 Å². The number of carbonyl (C=O) groups is 1. The molecule has 0 aliphatic carbocycles. The maximum absolute atomic E-state index is 13.5. The third-order valence-electron chi connectivity index (χ3n) is 3.58. The van der Waals surface area contributed by atoms with Crippen LogP contribution in [0.25, 0.3) is 0 Å². The predicted octanol–water partition coefficient (Wildman–Crippen LogP) is 1.71. The lowest BCUT2D eigenvalue weighted by Gasteiger charge is -2.29. The van der Waals surface area contributed by atoms with Gasteiger partial charge in [-0.3, -0.25) is 0 Å². The summed E-state index contributed by atoms with van der Waals surface area (Å²) < 4.78 is 13.5. The molecule has 104 valence electrons. The highest BCUT2D eigenvalue weighted by atomic mass is 19.1. The van der Waals surface area contributed by atoms with Crippen molar-refractivity contribution in [1.82, 2.24) is 10.2 Å². The lowest BCUT2D eigenvalue weighted by atomic mass is 10.0. The molecule has 1 fully saturated rings. The van der Waals surface area contributed by atoms with Gasteiger partial charge in [0.15, 0.2) is 0 Å². The molecule has 0 unspecified atom stereocenters. The predicted molar refractivity (Wildman–Crippen MR) is 70.7 cm³/mol. The summed E-state index contributed by atoms with van der Waals surface area (Å²) in [5, 5.41) is 12.1.